The first-order valence-electron chi connectivity index (χ1n) is 18.6. The Balaban J connectivity index is 1.35. The van der Waals surface area contributed by atoms with Gasteiger partial charge in [-0.15, -0.1) is 0 Å². The van der Waals surface area contributed by atoms with Gasteiger partial charge in [-0.3, -0.25) is 4.79 Å². The normalized spacial score (nSPS) is 51.0. The predicted octanol–water partition coefficient (Wildman–Crippen LogP) is -11.8. The molecule has 0 radical (unpaired) electrons. The number of nitrogens with one attached hydrogen (secondary N) is 1. The highest BCUT2D eigenvalue weighted by Gasteiger charge is 2.56. The van der Waals surface area contributed by atoms with Crippen LogP contribution in [0.4, 0.5) is 0 Å². The summed E-state index contributed by atoms with van der Waals surface area (Å²) in [5, 5.41) is 169. The number of aliphatic hydroxyl groups is 16. The number of rotatable bonds is 14. The van der Waals surface area contributed by atoms with E-state index in [0.717, 1.165) is 6.92 Å². The van der Waals surface area contributed by atoms with E-state index in [4.69, 9.17) is 42.6 Å². The van der Waals surface area contributed by atoms with Gasteiger partial charge in [0.2, 0.25) is 5.91 Å². The molecule has 0 bridgehead atoms. The number of carbonyl (C=O) groups is 1. The lowest BCUT2D eigenvalue weighted by molar-refractivity contribution is -0.389. The van der Waals surface area contributed by atoms with Crippen LogP contribution in [0.25, 0.3) is 0 Å². The average Bonchev–Trinajstić information content (AvgIpc) is 3.21. The Kier molecular flexibility index (Phi) is 17.1. The highest BCUT2D eigenvalue weighted by Crippen LogP contribution is 2.35. The van der Waals surface area contributed by atoms with Gasteiger partial charge in [0, 0.05) is 6.92 Å². The fourth-order valence-electron chi connectivity index (χ4n) is 7.30. The third-order valence-corrected chi connectivity index (χ3v) is 10.7. The van der Waals surface area contributed by atoms with Crippen molar-refractivity contribution in [2.24, 2.45) is 0 Å². The summed E-state index contributed by atoms with van der Waals surface area (Å²) in [6, 6.07) is -1.71. The number of aliphatic hydroxyl groups excluding tert-OH is 16. The quantitative estimate of drug-likeness (QED) is 0.0770. The average molecular weight is 870 g/mol. The number of hydrogen-bond donors (Lipinski definition) is 17. The molecule has 0 aromatic heterocycles. The lowest BCUT2D eigenvalue weighted by Crippen LogP contribution is -2.70. The Morgan fingerprint density at radius 1 is 0.441 bits per heavy atom. The van der Waals surface area contributed by atoms with E-state index >= 15 is 0 Å². The topological polar surface area (TPSA) is 436 Å². The number of carbonyl (C=O) groups excluding carboxylic acids is 1. The summed E-state index contributed by atoms with van der Waals surface area (Å²) >= 11 is 0. The van der Waals surface area contributed by atoms with Gasteiger partial charge in [0.25, 0.3) is 0 Å². The zero-order valence-corrected chi connectivity index (χ0v) is 31.2. The first-order valence-corrected chi connectivity index (χ1v) is 18.6. The van der Waals surface area contributed by atoms with E-state index in [0.29, 0.717) is 0 Å². The van der Waals surface area contributed by atoms with Gasteiger partial charge in [-0.25, -0.2) is 0 Å². The molecule has 0 saturated carbocycles. The summed E-state index contributed by atoms with van der Waals surface area (Å²) in [5.41, 5.74) is 0. The summed E-state index contributed by atoms with van der Waals surface area (Å²) < 4.78 is 50.1. The van der Waals surface area contributed by atoms with Crippen LogP contribution >= 0.6 is 0 Å². The second-order valence-electron chi connectivity index (χ2n) is 14.7. The summed E-state index contributed by atoms with van der Waals surface area (Å²) in [7, 11) is 0. The zero-order chi connectivity index (χ0) is 43.6. The van der Waals surface area contributed by atoms with E-state index in [2.05, 4.69) is 5.32 Å². The van der Waals surface area contributed by atoms with Gasteiger partial charge in [-0.05, 0) is 0 Å². The maximum Gasteiger partial charge on any atom is 0.217 e. The van der Waals surface area contributed by atoms with E-state index in [9.17, 15) is 86.5 Å². The molecular weight excluding hydrogens is 814 g/mol. The van der Waals surface area contributed by atoms with Crippen molar-refractivity contribution >= 4 is 5.91 Å². The van der Waals surface area contributed by atoms with Crippen molar-refractivity contribution < 1.29 is 129 Å². The minimum Gasteiger partial charge on any atom is -0.394 e. The molecule has 5 saturated heterocycles. The van der Waals surface area contributed by atoms with Gasteiger partial charge in [0.15, 0.2) is 31.5 Å². The van der Waals surface area contributed by atoms with Crippen molar-refractivity contribution in [2.45, 2.75) is 160 Å². The lowest BCUT2D eigenvalue weighted by Gasteiger charge is -2.50. The molecule has 0 aliphatic carbocycles. The standard InChI is InChI=1S/C32H55NO26/c1-7(38)33-13-18(43)25(57-31-23(48)20(45)15(40)9(3-35)54-31)11(5-37)56-29(13)59-27-21(46)16(41)10(4-36)55-32(27)58-26-17(42)12(52-28(50)24(26)49)6-51-30-22(47)19(44)14(39)8(2-34)53-30/h8-32,34-37,39-50H,2-6H2,1H3,(H,33,38)/t8-,9-,10-,11-,12-,13-,14-,15+,16-,17-,18-,19+,20+,21+,22+,23-,24+,25-,26+,27+,28-,29+,30+,31+,32-/m1/s1. The number of hydrogen-bond acceptors (Lipinski definition) is 26. The SMILES string of the molecule is CC(=O)N[C@H]1[C@H](O[C@@H]2[C@@H](O[C@@H]3[C@H](O)[C@H](O)O[C@H](CO[C@H]4O[C@H](CO)[C@@H](O)[C@H](O)[C@@H]4O)[C@H]3O)O[C@H](CO)[C@@H](O)[C@@H]2O)O[C@H](CO)[C@@H](O[C@@H]2O[C@H](CO)[C@H](O)[C@H](O)[C@H]2O)[C@@H]1O. The van der Waals surface area contributed by atoms with E-state index in [1.807, 2.05) is 0 Å². The van der Waals surface area contributed by atoms with E-state index in [1.54, 1.807) is 0 Å². The van der Waals surface area contributed by atoms with Crippen molar-refractivity contribution in [3.8, 4) is 0 Å². The van der Waals surface area contributed by atoms with Crippen molar-refractivity contribution in [1.29, 1.82) is 0 Å². The molecule has 5 heterocycles. The maximum absolute atomic E-state index is 12.3. The Bertz CT molecular complexity index is 1320. The van der Waals surface area contributed by atoms with Gasteiger partial charge in [-0.2, -0.15) is 0 Å². The van der Waals surface area contributed by atoms with Gasteiger partial charge >= 0.3 is 0 Å². The largest absolute Gasteiger partial charge is 0.394 e. The highest BCUT2D eigenvalue weighted by atomic mass is 16.8. The highest BCUT2D eigenvalue weighted by molar-refractivity contribution is 5.73. The Morgan fingerprint density at radius 3 is 1.44 bits per heavy atom. The van der Waals surface area contributed by atoms with Crippen LogP contribution < -0.4 is 5.32 Å². The zero-order valence-electron chi connectivity index (χ0n) is 31.2. The molecule has 27 heteroatoms. The molecule has 59 heavy (non-hydrogen) atoms. The second-order valence-corrected chi connectivity index (χ2v) is 14.7. The molecule has 5 aliphatic rings. The Morgan fingerprint density at radius 2 is 0.898 bits per heavy atom. The fourth-order valence-corrected chi connectivity index (χ4v) is 7.30. The predicted molar refractivity (Wildman–Crippen MR) is 178 cm³/mol. The molecule has 5 rings (SSSR count). The fraction of sp³-hybridized carbons (Fsp3) is 0.969. The monoisotopic (exact) mass is 869 g/mol. The molecule has 17 N–H and O–H groups in total. The molecule has 25 atom stereocenters. The molecule has 5 fully saturated rings. The summed E-state index contributed by atoms with van der Waals surface area (Å²) in [6.07, 6.45) is -44.2. The Hall–Kier alpha value is -1.53. The number of ether oxygens (including phenoxy) is 9. The van der Waals surface area contributed by atoms with Crippen LogP contribution in [-0.2, 0) is 47.4 Å². The van der Waals surface area contributed by atoms with Gasteiger partial charge < -0.3 is 130 Å². The third kappa shape index (κ3) is 10.3. The molecule has 1 amide bonds. The van der Waals surface area contributed by atoms with Crippen LogP contribution in [0.3, 0.4) is 0 Å². The summed E-state index contributed by atoms with van der Waals surface area (Å²) in [5.74, 6) is -0.812. The van der Waals surface area contributed by atoms with Crippen LogP contribution in [0.15, 0.2) is 0 Å². The summed E-state index contributed by atoms with van der Waals surface area (Å²) in [4.78, 5) is 12.3. The van der Waals surface area contributed by atoms with Crippen LogP contribution in [0.5, 0.6) is 0 Å². The minimum absolute atomic E-state index is 0.763. The number of amides is 1. The first kappa shape index (κ1) is 48.5. The molecule has 344 valence electrons. The van der Waals surface area contributed by atoms with Crippen molar-refractivity contribution in [3.63, 3.8) is 0 Å². The summed E-state index contributed by atoms with van der Waals surface area (Å²) in [6.45, 7) is -3.29. The molecule has 0 aromatic carbocycles. The molecular formula is C32H55NO26. The molecule has 27 nitrogen and oxygen atoms in total. The minimum atomic E-state index is -2.13. The van der Waals surface area contributed by atoms with E-state index < -0.39 is 192 Å². The van der Waals surface area contributed by atoms with Gasteiger partial charge in [-0.1, -0.05) is 0 Å². The van der Waals surface area contributed by atoms with Crippen molar-refractivity contribution in [1.82, 2.24) is 5.32 Å². The van der Waals surface area contributed by atoms with Crippen molar-refractivity contribution in [3.05, 3.63) is 0 Å². The maximum atomic E-state index is 12.3. The van der Waals surface area contributed by atoms with Crippen molar-refractivity contribution in [2.75, 3.05) is 33.0 Å². The van der Waals surface area contributed by atoms with Gasteiger partial charge in [0.05, 0.1) is 33.0 Å². The van der Waals surface area contributed by atoms with Crippen LogP contribution in [-0.4, -0.2) is 274 Å². The van der Waals surface area contributed by atoms with E-state index in [-0.39, 0.29) is 0 Å². The van der Waals surface area contributed by atoms with Crippen LogP contribution in [0.1, 0.15) is 6.92 Å². The van der Waals surface area contributed by atoms with E-state index in [1.165, 1.54) is 0 Å². The lowest BCUT2D eigenvalue weighted by atomic mass is 9.94. The third-order valence-electron chi connectivity index (χ3n) is 10.7. The van der Waals surface area contributed by atoms with Gasteiger partial charge in [0.1, 0.15) is 122 Å². The Labute approximate surface area is 333 Å². The molecule has 0 spiro atoms. The second kappa shape index (κ2) is 20.8. The molecule has 0 unspecified atom stereocenters. The smallest absolute Gasteiger partial charge is 0.217 e. The van der Waals surface area contributed by atoms with Crippen LogP contribution in [0, 0.1) is 0 Å². The van der Waals surface area contributed by atoms with Crippen LogP contribution in [0.2, 0.25) is 0 Å². The first-order chi connectivity index (χ1) is 27.9. The molecule has 5 aliphatic heterocycles. The molecule has 0 aromatic rings.